The van der Waals surface area contributed by atoms with E-state index in [-0.39, 0.29) is 5.41 Å². The van der Waals surface area contributed by atoms with E-state index in [0.29, 0.717) is 0 Å². The maximum Gasteiger partial charge on any atom is 0.0780 e. The maximum atomic E-state index is 4.71. The Morgan fingerprint density at radius 3 is 2.12 bits per heavy atom. The standard InChI is InChI=1S/C23H21N/c1-23(2,3)21-15-18(14-17-9-5-6-10-19(17)21)22-20-11-7-4-8-16(20)12-13-24-22/h4-15H,1-3H3. The highest BCUT2D eigenvalue weighted by molar-refractivity contribution is 5.98. The third-order valence-electron chi connectivity index (χ3n) is 4.62. The third kappa shape index (κ3) is 2.46. The van der Waals surface area contributed by atoms with Gasteiger partial charge in [-0.2, -0.15) is 0 Å². The maximum absolute atomic E-state index is 4.71. The average molecular weight is 311 g/mol. The highest BCUT2D eigenvalue weighted by Crippen LogP contribution is 2.36. The molecule has 0 unspecified atom stereocenters. The molecule has 0 fully saturated rings. The van der Waals surface area contributed by atoms with Crippen molar-refractivity contribution in [1.29, 1.82) is 0 Å². The lowest BCUT2D eigenvalue weighted by molar-refractivity contribution is 0.596. The number of nitrogens with zero attached hydrogens (tertiary/aromatic N) is 1. The molecular formula is C23H21N. The van der Waals surface area contributed by atoms with Crippen molar-refractivity contribution in [3.05, 3.63) is 78.5 Å². The SMILES string of the molecule is CC(C)(C)c1cc(-c2nccc3ccccc23)cc2ccccc12. The van der Waals surface area contributed by atoms with Gasteiger partial charge in [-0.3, -0.25) is 4.98 Å². The number of hydrogen-bond acceptors (Lipinski definition) is 1. The van der Waals surface area contributed by atoms with Crippen molar-refractivity contribution < 1.29 is 0 Å². The van der Waals surface area contributed by atoms with Gasteiger partial charge in [0.1, 0.15) is 0 Å². The summed E-state index contributed by atoms with van der Waals surface area (Å²) in [6, 6.07) is 23.8. The third-order valence-corrected chi connectivity index (χ3v) is 4.62. The van der Waals surface area contributed by atoms with Crippen LogP contribution in [-0.2, 0) is 5.41 Å². The minimum Gasteiger partial charge on any atom is -0.256 e. The van der Waals surface area contributed by atoms with Gasteiger partial charge in [0.15, 0.2) is 0 Å². The second kappa shape index (κ2) is 5.45. The summed E-state index contributed by atoms with van der Waals surface area (Å²) in [4.78, 5) is 4.71. The lowest BCUT2D eigenvalue weighted by Gasteiger charge is -2.23. The molecule has 4 rings (SSSR count). The predicted octanol–water partition coefficient (Wildman–Crippen LogP) is 6.35. The largest absolute Gasteiger partial charge is 0.256 e. The molecule has 0 saturated carbocycles. The van der Waals surface area contributed by atoms with Crippen molar-refractivity contribution in [3.63, 3.8) is 0 Å². The molecule has 1 aromatic heterocycles. The molecule has 0 aliphatic rings. The van der Waals surface area contributed by atoms with Crippen LogP contribution >= 0.6 is 0 Å². The van der Waals surface area contributed by atoms with E-state index in [1.807, 2.05) is 6.20 Å². The van der Waals surface area contributed by atoms with Crippen LogP contribution in [0, 0.1) is 0 Å². The fraction of sp³-hybridized carbons (Fsp3) is 0.174. The molecule has 118 valence electrons. The minimum absolute atomic E-state index is 0.0835. The summed E-state index contributed by atoms with van der Waals surface area (Å²) in [5, 5.41) is 5.03. The average Bonchev–Trinajstić information content (AvgIpc) is 2.59. The monoisotopic (exact) mass is 311 g/mol. The molecule has 1 nitrogen and oxygen atoms in total. The molecule has 3 aromatic carbocycles. The number of hydrogen-bond donors (Lipinski definition) is 0. The summed E-state index contributed by atoms with van der Waals surface area (Å²) in [6.07, 6.45) is 1.91. The van der Waals surface area contributed by atoms with Crippen molar-refractivity contribution in [1.82, 2.24) is 4.98 Å². The lowest BCUT2D eigenvalue weighted by atomic mass is 9.82. The van der Waals surface area contributed by atoms with E-state index < -0.39 is 0 Å². The summed E-state index contributed by atoms with van der Waals surface area (Å²) in [5.74, 6) is 0. The molecule has 1 heteroatoms. The zero-order chi connectivity index (χ0) is 16.7. The molecule has 0 bridgehead atoms. The second-order valence-electron chi connectivity index (χ2n) is 7.38. The molecule has 0 atom stereocenters. The molecule has 4 aromatic rings. The fourth-order valence-corrected chi connectivity index (χ4v) is 3.42. The van der Waals surface area contributed by atoms with Crippen LogP contribution in [0.2, 0.25) is 0 Å². The van der Waals surface area contributed by atoms with Gasteiger partial charge in [-0.25, -0.2) is 0 Å². The summed E-state index contributed by atoms with van der Waals surface area (Å²) in [5.41, 5.74) is 3.70. The number of pyridine rings is 1. The highest BCUT2D eigenvalue weighted by Gasteiger charge is 2.19. The van der Waals surface area contributed by atoms with Crippen LogP contribution < -0.4 is 0 Å². The summed E-state index contributed by atoms with van der Waals surface area (Å²) in [7, 11) is 0. The number of fused-ring (bicyclic) bond motifs is 2. The van der Waals surface area contributed by atoms with Crippen molar-refractivity contribution in [3.8, 4) is 11.3 Å². The Labute approximate surface area is 143 Å². The van der Waals surface area contributed by atoms with Gasteiger partial charge in [0.25, 0.3) is 0 Å². The Hall–Kier alpha value is -2.67. The first-order chi connectivity index (χ1) is 11.5. The molecule has 0 saturated heterocycles. The zero-order valence-electron chi connectivity index (χ0n) is 14.4. The quantitative estimate of drug-likeness (QED) is 0.399. The number of aromatic nitrogens is 1. The van der Waals surface area contributed by atoms with E-state index in [4.69, 9.17) is 4.98 Å². The van der Waals surface area contributed by atoms with E-state index in [1.54, 1.807) is 0 Å². The van der Waals surface area contributed by atoms with Gasteiger partial charge in [-0.1, -0.05) is 69.3 Å². The first-order valence-electron chi connectivity index (χ1n) is 8.41. The molecule has 1 heterocycles. The van der Waals surface area contributed by atoms with Crippen LogP contribution in [0.3, 0.4) is 0 Å². The van der Waals surface area contributed by atoms with Gasteiger partial charge < -0.3 is 0 Å². The van der Waals surface area contributed by atoms with Gasteiger partial charge in [-0.15, -0.1) is 0 Å². The minimum atomic E-state index is 0.0835. The smallest absolute Gasteiger partial charge is 0.0780 e. The first kappa shape index (κ1) is 14.9. The Bertz CT molecular complexity index is 1030. The van der Waals surface area contributed by atoms with Crippen LogP contribution in [0.25, 0.3) is 32.8 Å². The van der Waals surface area contributed by atoms with E-state index >= 15 is 0 Å². The number of benzene rings is 3. The zero-order valence-corrected chi connectivity index (χ0v) is 14.4. The molecule has 0 aliphatic heterocycles. The van der Waals surface area contributed by atoms with Crippen molar-refractivity contribution in [2.24, 2.45) is 0 Å². The molecule has 24 heavy (non-hydrogen) atoms. The Kier molecular flexibility index (Phi) is 3.38. The summed E-state index contributed by atoms with van der Waals surface area (Å²) < 4.78 is 0. The van der Waals surface area contributed by atoms with E-state index in [9.17, 15) is 0 Å². The second-order valence-corrected chi connectivity index (χ2v) is 7.38. The van der Waals surface area contributed by atoms with Gasteiger partial charge >= 0.3 is 0 Å². The summed E-state index contributed by atoms with van der Waals surface area (Å²) in [6.45, 7) is 6.82. The van der Waals surface area contributed by atoms with Crippen LogP contribution in [0.4, 0.5) is 0 Å². The molecule has 0 aliphatic carbocycles. The normalized spacial score (nSPS) is 12.0. The molecule has 0 N–H and O–H groups in total. The molecule has 0 amide bonds. The van der Waals surface area contributed by atoms with Crippen molar-refractivity contribution in [2.45, 2.75) is 26.2 Å². The van der Waals surface area contributed by atoms with Crippen molar-refractivity contribution in [2.75, 3.05) is 0 Å². The first-order valence-corrected chi connectivity index (χ1v) is 8.41. The fourth-order valence-electron chi connectivity index (χ4n) is 3.42. The predicted molar refractivity (Wildman–Crippen MR) is 103 cm³/mol. The molecular weight excluding hydrogens is 290 g/mol. The Morgan fingerprint density at radius 1 is 0.708 bits per heavy atom. The van der Waals surface area contributed by atoms with Gasteiger partial charge in [0, 0.05) is 17.1 Å². The highest BCUT2D eigenvalue weighted by atomic mass is 14.7. The molecule has 0 radical (unpaired) electrons. The Balaban J connectivity index is 2.07. The number of rotatable bonds is 1. The molecule has 0 spiro atoms. The van der Waals surface area contributed by atoms with Crippen molar-refractivity contribution >= 4 is 21.5 Å². The van der Waals surface area contributed by atoms with Crippen LogP contribution in [0.15, 0.2) is 72.9 Å². The van der Waals surface area contributed by atoms with Gasteiger partial charge in [-0.05, 0) is 45.3 Å². The lowest BCUT2D eigenvalue weighted by Crippen LogP contribution is -2.12. The topological polar surface area (TPSA) is 12.9 Å². The van der Waals surface area contributed by atoms with Crippen LogP contribution in [-0.4, -0.2) is 4.98 Å². The summed E-state index contributed by atoms with van der Waals surface area (Å²) >= 11 is 0. The van der Waals surface area contributed by atoms with Gasteiger partial charge in [0.2, 0.25) is 0 Å². The van der Waals surface area contributed by atoms with E-state index in [2.05, 4.69) is 87.5 Å². The van der Waals surface area contributed by atoms with E-state index in [1.165, 1.54) is 32.7 Å². The van der Waals surface area contributed by atoms with Gasteiger partial charge in [0.05, 0.1) is 5.69 Å². The van der Waals surface area contributed by atoms with E-state index in [0.717, 1.165) is 5.69 Å². The Morgan fingerprint density at radius 2 is 1.38 bits per heavy atom. The van der Waals surface area contributed by atoms with Crippen LogP contribution in [0.5, 0.6) is 0 Å². The van der Waals surface area contributed by atoms with Crippen LogP contribution in [0.1, 0.15) is 26.3 Å².